The van der Waals surface area contributed by atoms with Crippen LogP contribution in [-0.2, 0) is 0 Å². The number of rotatable bonds is 8. The lowest BCUT2D eigenvalue weighted by Crippen LogP contribution is -2.45. The van der Waals surface area contributed by atoms with Gasteiger partial charge in [0.05, 0.1) is 11.7 Å². The first-order chi connectivity index (χ1) is 8.03. The van der Waals surface area contributed by atoms with E-state index >= 15 is 0 Å². The lowest BCUT2D eigenvalue weighted by molar-refractivity contribution is 0.0942. The van der Waals surface area contributed by atoms with E-state index in [0.717, 1.165) is 11.7 Å². The van der Waals surface area contributed by atoms with E-state index in [1.807, 2.05) is 13.8 Å². The first kappa shape index (κ1) is 14.3. The minimum absolute atomic E-state index is 0.122. The van der Waals surface area contributed by atoms with E-state index in [1.54, 1.807) is 0 Å². The molecule has 0 aromatic carbocycles. The lowest BCUT2D eigenvalue weighted by Gasteiger charge is -2.26. The minimum Gasteiger partial charge on any atom is -0.473 e. The first-order valence-corrected chi connectivity index (χ1v) is 6.21. The van der Waals surface area contributed by atoms with E-state index in [0.29, 0.717) is 18.8 Å². The highest BCUT2D eigenvalue weighted by atomic mass is 32.1. The Morgan fingerprint density at radius 3 is 2.94 bits per heavy atom. The van der Waals surface area contributed by atoms with Crippen LogP contribution < -0.4 is 10.1 Å². The number of ether oxygens (including phenoxy) is 1. The van der Waals surface area contributed by atoms with Gasteiger partial charge >= 0.3 is 0 Å². The second kappa shape index (κ2) is 6.85. The lowest BCUT2D eigenvalue weighted by atomic mass is 10.0. The van der Waals surface area contributed by atoms with Crippen LogP contribution in [0.4, 0.5) is 0 Å². The summed E-state index contributed by atoms with van der Waals surface area (Å²) in [5.41, 5.74) is -0.197. The van der Waals surface area contributed by atoms with Gasteiger partial charge in [-0.1, -0.05) is 0 Å². The van der Waals surface area contributed by atoms with Crippen LogP contribution in [0.25, 0.3) is 0 Å². The maximum atomic E-state index is 9.68. The Bertz CT molecular complexity index is 306. The molecule has 0 aliphatic rings. The van der Waals surface area contributed by atoms with Crippen molar-refractivity contribution in [2.24, 2.45) is 0 Å². The molecule has 3 N–H and O–H groups in total. The van der Waals surface area contributed by atoms with Gasteiger partial charge in [0, 0.05) is 18.7 Å². The number of nitrogens with zero attached hydrogens (tertiary/aromatic N) is 2. The van der Waals surface area contributed by atoms with Gasteiger partial charge in [-0.3, -0.25) is 0 Å². The Kier molecular flexibility index (Phi) is 5.76. The van der Waals surface area contributed by atoms with Gasteiger partial charge in [-0.2, -0.15) is 4.37 Å². The van der Waals surface area contributed by atoms with E-state index in [-0.39, 0.29) is 18.8 Å². The maximum absolute atomic E-state index is 9.68. The summed E-state index contributed by atoms with van der Waals surface area (Å²) in [6.07, 6.45) is 1.53. The number of aromatic nitrogens is 2. The van der Waals surface area contributed by atoms with Crippen molar-refractivity contribution in [3.63, 3.8) is 0 Å². The molecule has 6 nitrogen and oxygen atoms in total. The van der Waals surface area contributed by atoms with E-state index < -0.39 is 6.10 Å². The van der Waals surface area contributed by atoms with Gasteiger partial charge in [0.1, 0.15) is 18.9 Å². The highest BCUT2D eigenvalue weighted by Gasteiger charge is 2.18. The van der Waals surface area contributed by atoms with Crippen LogP contribution in [0.1, 0.15) is 20.3 Å². The third kappa shape index (κ3) is 5.92. The van der Waals surface area contributed by atoms with Gasteiger partial charge in [-0.15, -0.1) is 4.37 Å². The summed E-state index contributed by atoms with van der Waals surface area (Å²) in [6, 6.07) is 0. The van der Waals surface area contributed by atoms with Gasteiger partial charge in [-0.05, 0) is 20.3 Å². The average molecular weight is 261 g/mol. The Balaban J connectivity index is 2.18. The summed E-state index contributed by atoms with van der Waals surface area (Å²) in [5, 5.41) is 21.7. The van der Waals surface area contributed by atoms with Crippen LogP contribution in [0.3, 0.4) is 0 Å². The smallest absolute Gasteiger partial charge is 0.245 e. The molecule has 0 bridgehead atoms. The van der Waals surface area contributed by atoms with Crippen molar-refractivity contribution in [1.82, 2.24) is 14.1 Å². The fourth-order valence-corrected chi connectivity index (χ4v) is 1.59. The number of hydrogen-bond acceptors (Lipinski definition) is 7. The molecular weight excluding hydrogens is 242 g/mol. The quantitative estimate of drug-likeness (QED) is 0.612. The molecule has 0 aliphatic carbocycles. The number of β-amino-alcohol motifs (C(OH)–C–C–N with tert-alkyl or cyclic N) is 1. The standard InChI is InChI=1S/C10H19N3O3S/c1-10(2,3-4-14)11-5-8(15)7-16-9-6-12-17-13-9/h6,8,11,14-15H,3-5,7H2,1-2H3. The van der Waals surface area contributed by atoms with E-state index in [1.165, 1.54) is 6.20 Å². The van der Waals surface area contributed by atoms with Crippen molar-refractivity contribution in [2.75, 3.05) is 19.8 Å². The minimum atomic E-state index is -0.616. The van der Waals surface area contributed by atoms with Crippen molar-refractivity contribution < 1.29 is 14.9 Å². The largest absolute Gasteiger partial charge is 0.473 e. The molecule has 0 amide bonds. The molecule has 0 aliphatic heterocycles. The van der Waals surface area contributed by atoms with Crippen LogP contribution >= 0.6 is 11.7 Å². The summed E-state index contributed by atoms with van der Waals surface area (Å²) in [4.78, 5) is 0. The molecule has 1 atom stereocenters. The zero-order chi connectivity index (χ0) is 12.7. The molecule has 98 valence electrons. The van der Waals surface area contributed by atoms with E-state index in [9.17, 15) is 5.11 Å². The maximum Gasteiger partial charge on any atom is 0.245 e. The van der Waals surface area contributed by atoms with Crippen LogP contribution in [0, 0.1) is 0 Å². The molecule has 1 aromatic heterocycles. The summed E-state index contributed by atoms with van der Waals surface area (Å²) < 4.78 is 12.9. The molecule has 0 saturated carbocycles. The van der Waals surface area contributed by atoms with Gasteiger partial charge in [0.15, 0.2) is 0 Å². The van der Waals surface area contributed by atoms with Crippen LogP contribution in [-0.4, -0.2) is 50.4 Å². The predicted molar refractivity (Wildman–Crippen MR) is 65.2 cm³/mol. The molecule has 0 saturated heterocycles. The number of hydrogen-bond donors (Lipinski definition) is 3. The summed E-state index contributed by atoms with van der Waals surface area (Å²) in [6.45, 7) is 4.65. The summed E-state index contributed by atoms with van der Waals surface area (Å²) in [5.74, 6) is 0.434. The molecule has 0 fully saturated rings. The molecule has 1 heterocycles. The Labute approximate surface area is 105 Å². The molecule has 1 rings (SSSR count). The van der Waals surface area contributed by atoms with Crippen LogP contribution in [0.15, 0.2) is 6.20 Å². The van der Waals surface area contributed by atoms with E-state index in [2.05, 4.69) is 14.1 Å². The molecule has 17 heavy (non-hydrogen) atoms. The van der Waals surface area contributed by atoms with Crippen molar-refractivity contribution in [2.45, 2.75) is 31.9 Å². The number of nitrogens with one attached hydrogen (secondary N) is 1. The Morgan fingerprint density at radius 1 is 1.59 bits per heavy atom. The van der Waals surface area contributed by atoms with Gasteiger partial charge in [0.2, 0.25) is 5.88 Å². The number of aliphatic hydroxyl groups is 2. The SMILES string of the molecule is CC(C)(CCO)NCC(O)COc1cnsn1. The molecule has 7 heteroatoms. The van der Waals surface area contributed by atoms with Gasteiger partial charge in [0.25, 0.3) is 0 Å². The molecule has 0 spiro atoms. The molecule has 0 radical (unpaired) electrons. The Morgan fingerprint density at radius 2 is 2.35 bits per heavy atom. The van der Waals surface area contributed by atoms with Crippen LogP contribution in [0.5, 0.6) is 5.88 Å². The predicted octanol–water partition coefficient (Wildman–Crippen LogP) is 0.0284. The molecule has 1 unspecified atom stereocenters. The van der Waals surface area contributed by atoms with Crippen molar-refractivity contribution in [1.29, 1.82) is 0 Å². The third-order valence-corrected chi connectivity index (χ3v) is 2.78. The zero-order valence-electron chi connectivity index (χ0n) is 10.1. The third-order valence-electron chi connectivity index (χ3n) is 2.32. The zero-order valence-corrected chi connectivity index (χ0v) is 10.9. The highest BCUT2D eigenvalue weighted by molar-refractivity contribution is 6.99. The fourth-order valence-electron chi connectivity index (χ4n) is 1.22. The van der Waals surface area contributed by atoms with Crippen molar-refractivity contribution >= 4 is 11.7 Å². The Hall–Kier alpha value is -0.760. The number of aliphatic hydroxyl groups excluding tert-OH is 2. The first-order valence-electron chi connectivity index (χ1n) is 5.48. The van der Waals surface area contributed by atoms with Crippen molar-refractivity contribution in [3.05, 3.63) is 6.20 Å². The summed E-state index contributed by atoms with van der Waals surface area (Å²) in [7, 11) is 0. The molecular formula is C10H19N3O3S. The topological polar surface area (TPSA) is 87.5 Å². The van der Waals surface area contributed by atoms with Crippen molar-refractivity contribution in [3.8, 4) is 5.88 Å². The highest BCUT2D eigenvalue weighted by Crippen LogP contribution is 2.08. The second-order valence-electron chi connectivity index (χ2n) is 4.45. The molecule has 1 aromatic rings. The summed E-state index contributed by atoms with van der Waals surface area (Å²) >= 11 is 1.07. The monoisotopic (exact) mass is 261 g/mol. The van der Waals surface area contributed by atoms with E-state index in [4.69, 9.17) is 9.84 Å². The fraction of sp³-hybridized carbons (Fsp3) is 0.800. The second-order valence-corrected chi connectivity index (χ2v) is 5.01. The average Bonchev–Trinajstić information content (AvgIpc) is 2.76. The normalized spacial score (nSPS) is 13.6. The van der Waals surface area contributed by atoms with Gasteiger partial charge < -0.3 is 20.3 Å². The van der Waals surface area contributed by atoms with Crippen LogP contribution in [0.2, 0.25) is 0 Å². The van der Waals surface area contributed by atoms with Gasteiger partial charge in [-0.25, -0.2) is 0 Å².